The Morgan fingerprint density at radius 3 is 2.44 bits per heavy atom. The highest BCUT2D eigenvalue weighted by atomic mass is 14.1. The van der Waals surface area contributed by atoms with Gasteiger partial charge in [0.05, 0.1) is 0 Å². The Morgan fingerprint density at radius 2 is 1.56 bits per heavy atom. The Morgan fingerprint density at radius 1 is 0.778 bits per heavy atom. The van der Waals surface area contributed by atoms with Crippen molar-refractivity contribution in [2.75, 3.05) is 0 Å². The lowest BCUT2D eigenvalue weighted by Crippen LogP contribution is -1.82. The molecule has 0 nitrogen and oxygen atoms in total. The van der Waals surface area contributed by atoms with E-state index >= 15 is 0 Å². The lowest BCUT2D eigenvalue weighted by Gasteiger charge is -2.07. The van der Waals surface area contributed by atoms with Crippen LogP contribution in [0.1, 0.15) is 5.56 Å². The largest absolute Gasteiger partial charge is 0.115 e. The zero-order valence-electron chi connectivity index (χ0n) is 9.93. The Labute approximate surface area is 107 Å². The quantitative estimate of drug-likeness (QED) is 0.538. The van der Waals surface area contributed by atoms with Gasteiger partial charge in [-0.1, -0.05) is 60.5 Å². The molecule has 0 amide bonds. The molecule has 0 saturated carbocycles. The third-order valence-electron chi connectivity index (χ3n) is 3.13. The van der Waals surface area contributed by atoms with Crippen molar-refractivity contribution in [3.8, 4) is 23.5 Å². The predicted octanol–water partition coefficient (Wildman–Crippen LogP) is 4.49. The first kappa shape index (κ1) is 10.6. The van der Waals surface area contributed by atoms with Crippen molar-refractivity contribution in [2.24, 2.45) is 0 Å². The summed E-state index contributed by atoms with van der Waals surface area (Å²) in [5.41, 5.74) is 3.31. The van der Waals surface area contributed by atoms with Gasteiger partial charge in [0.2, 0.25) is 0 Å². The summed E-state index contributed by atoms with van der Waals surface area (Å²) < 4.78 is 0. The van der Waals surface area contributed by atoms with Gasteiger partial charge in [-0.15, -0.1) is 6.42 Å². The number of benzene rings is 3. The number of terminal acetylenes is 1. The van der Waals surface area contributed by atoms with Crippen LogP contribution in [-0.2, 0) is 0 Å². The van der Waals surface area contributed by atoms with Crippen LogP contribution in [0.3, 0.4) is 0 Å². The molecule has 0 aliphatic carbocycles. The fourth-order valence-corrected chi connectivity index (χ4v) is 2.25. The SMILES string of the molecule is C#Cc1cccc(-c2cccc3ccccc23)c1. The summed E-state index contributed by atoms with van der Waals surface area (Å²) in [6.07, 6.45) is 5.46. The Hall–Kier alpha value is -2.52. The predicted molar refractivity (Wildman–Crippen MR) is 77.3 cm³/mol. The highest BCUT2D eigenvalue weighted by Gasteiger charge is 2.03. The first-order chi connectivity index (χ1) is 8.88. The summed E-state index contributed by atoms with van der Waals surface area (Å²) in [6.45, 7) is 0. The molecule has 3 aromatic carbocycles. The van der Waals surface area contributed by atoms with Crippen LogP contribution in [0.5, 0.6) is 0 Å². The molecule has 0 saturated heterocycles. The minimum absolute atomic E-state index is 0.917. The highest BCUT2D eigenvalue weighted by Crippen LogP contribution is 2.28. The third-order valence-corrected chi connectivity index (χ3v) is 3.13. The molecule has 0 spiro atoms. The molecule has 3 rings (SSSR count). The van der Waals surface area contributed by atoms with Crippen molar-refractivity contribution in [3.05, 3.63) is 72.3 Å². The van der Waals surface area contributed by atoms with Crippen molar-refractivity contribution in [1.29, 1.82) is 0 Å². The topological polar surface area (TPSA) is 0 Å². The monoisotopic (exact) mass is 228 g/mol. The van der Waals surface area contributed by atoms with E-state index in [1.807, 2.05) is 12.1 Å². The standard InChI is InChI=1S/C18H12/c1-2-14-7-5-10-16(13-14)18-12-6-9-15-8-3-4-11-17(15)18/h1,3-13H. The first-order valence-electron chi connectivity index (χ1n) is 5.93. The fourth-order valence-electron chi connectivity index (χ4n) is 2.25. The number of hydrogen-bond acceptors (Lipinski definition) is 0. The summed E-state index contributed by atoms with van der Waals surface area (Å²) in [4.78, 5) is 0. The number of rotatable bonds is 1. The van der Waals surface area contributed by atoms with Crippen molar-refractivity contribution in [3.63, 3.8) is 0 Å². The van der Waals surface area contributed by atoms with E-state index in [0.717, 1.165) is 5.56 Å². The molecule has 84 valence electrons. The lowest BCUT2D eigenvalue weighted by atomic mass is 9.97. The van der Waals surface area contributed by atoms with Crippen molar-refractivity contribution < 1.29 is 0 Å². The molecule has 18 heavy (non-hydrogen) atoms. The smallest absolute Gasteiger partial charge is 0.0248 e. The molecule has 0 aromatic heterocycles. The molecule has 0 aliphatic rings. The van der Waals surface area contributed by atoms with Crippen LogP contribution in [0.2, 0.25) is 0 Å². The summed E-state index contributed by atoms with van der Waals surface area (Å²) >= 11 is 0. The molecule has 0 bridgehead atoms. The van der Waals surface area contributed by atoms with E-state index in [1.54, 1.807) is 0 Å². The lowest BCUT2D eigenvalue weighted by molar-refractivity contribution is 1.62. The van der Waals surface area contributed by atoms with Crippen LogP contribution in [0.4, 0.5) is 0 Å². The van der Waals surface area contributed by atoms with Gasteiger partial charge >= 0.3 is 0 Å². The third kappa shape index (κ3) is 1.77. The maximum absolute atomic E-state index is 5.46. The van der Waals surface area contributed by atoms with Gasteiger partial charge in [-0.05, 0) is 34.0 Å². The number of hydrogen-bond donors (Lipinski definition) is 0. The number of fused-ring (bicyclic) bond motifs is 1. The van der Waals surface area contributed by atoms with E-state index in [9.17, 15) is 0 Å². The minimum Gasteiger partial charge on any atom is -0.115 e. The molecule has 0 radical (unpaired) electrons. The summed E-state index contributed by atoms with van der Waals surface area (Å²) in [7, 11) is 0. The molecule has 0 unspecified atom stereocenters. The Bertz CT molecular complexity index is 740. The van der Waals surface area contributed by atoms with E-state index in [0.29, 0.717) is 0 Å². The summed E-state index contributed by atoms with van der Waals surface area (Å²) in [5, 5.41) is 2.51. The molecular weight excluding hydrogens is 216 g/mol. The van der Waals surface area contributed by atoms with Crippen LogP contribution in [0.15, 0.2) is 66.7 Å². The normalized spacial score (nSPS) is 10.2. The zero-order chi connectivity index (χ0) is 12.4. The van der Waals surface area contributed by atoms with Crippen molar-refractivity contribution in [2.45, 2.75) is 0 Å². The van der Waals surface area contributed by atoms with Crippen LogP contribution >= 0.6 is 0 Å². The van der Waals surface area contributed by atoms with E-state index in [2.05, 4.69) is 60.5 Å². The molecule has 0 heteroatoms. The van der Waals surface area contributed by atoms with Gasteiger partial charge in [-0.3, -0.25) is 0 Å². The van der Waals surface area contributed by atoms with E-state index in [-0.39, 0.29) is 0 Å². The van der Waals surface area contributed by atoms with Gasteiger partial charge < -0.3 is 0 Å². The average molecular weight is 228 g/mol. The zero-order valence-corrected chi connectivity index (χ0v) is 9.93. The van der Waals surface area contributed by atoms with Crippen LogP contribution in [-0.4, -0.2) is 0 Å². The Kier molecular flexibility index (Phi) is 2.59. The van der Waals surface area contributed by atoms with Gasteiger partial charge in [0.25, 0.3) is 0 Å². The summed E-state index contributed by atoms with van der Waals surface area (Å²) in [6, 6.07) is 22.9. The van der Waals surface area contributed by atoms with Crippen molar-refractivity contribution >= 4 is 10.8 Å². The molecule has 0 N–H and O–H groups in total. The van der Waals surface area contributed by atoms with Gasteiger partial charge in [0.15, 0.2) is 0 Å². The molecule has 0 heterocycles. The molecule has 0 atom stereocenters. The van der Waals surface area contributed by atoms with Crippen LogP contribution in [0, 0.1) is 12.3 Å². The summed E-state index contributed by atoms with van der Waals surface area (Å²) in [5.74, 6) is 2.69. The van der Waals surface area contributed by atoms with E-state index in [1.165, 1.54) is 21.9 Å². The van der Waals surface area contributed by atoms with Crippen LogP contribution < -0.4 is 0 Å². The fraction of sp³-hybridized carbons (Fsp3) is 0. The first-order valence-corrected chi connectivity index (χ1v) is 5.93. The van der Waals surface area contributed by atoms with Crippen molar-refractivity contribution in [1.82, 2.24) is 0 Å². The van der Waals surface area contributed by atoms with E-state index < -0.39 is 0 Å². The molecule has 0 aliphatic heterocycles. The van der Waals surface area contributed by atoms with Crippen LogP contribution in [0.25, 0.3) is 21.9 Å². The van der Waals surface area contributed by atoms with Gasteiger partial charge in [-0.2, -0.15) is 0 Å². The highest BCUT2D eigenvalue weighted by molar-refractivity contribution is 5.96. The maximum Gasteiger partial charge on any atom is 0.0248 e. The second kappa shape index (κ2) is 4.39. The van der Waals surface area contributed by atoms with E-state index in [4.69, 9.17) is 6.42 Å². The Balaban J connectivity index is 2.28. The second-order valence-corrected chi connectivity index (χ2v) is 4.25. The second-order valence-electron chi connectivity index (χ2n) is 4.25. The van der Waals surface area contributed by atoms with Gasteiger partial charge in [0, 0.05) is 5.56 Å². The molecular formula is C18H12. The van der Waals surface area contributed by atoms with Gasteiger partial charge in [0.1, 0.15) is 0 Å². The van der Waals surface area contributed by atoms with Gasteiger partial charge in [-0.25, -0.2) is 0 Å². The maximum atomic E-state index is 5.46. The average Bonchev–Trinajstić information content (AvgIpc) is 2.47. The molecule has 0 fully saturated rings. The molecule has 3 aromatic rings. The minimum atomic E-state index is 0.917.